The van der Waals surface area contributed by atoms with Crippen LogP contribution < -0.4 is 4.90 Å². The zero-order chi connectivity index (χ0) is 30.1. The van der Waals surface area contributed by atoms with Gasteiger partial charge in [0.2, 0.25) is 11.8 Å². The molecule has 3 fully saturated rings. The van der Waals surface area contributed by atoms with Crippen molar-refractivity contribution in [2.75, 3.05) is 31.1 Å². The van der Waals surface area contributed by atoms with Gasteiger partial charge in [-0.1, -0.05) is 63.1 Å². The first-order valence-electron chi connectivity index (χ1n) is 14.8. The second-order valence-corrected chi connectivity index (χ2v) is 12.1. The van der Waals surface area contributed by atoms with Crippen molar-refractivity contribution in [2.45, 2.75) is 77.2 Å². The smallest absolute Gasteiger partial charge is 0.253 e. The minimum absolute atomic E-state index is 0.0897. The molecule has 3 saturated heterocycles. The molecule has 8 nitrogen and oxygen atoms in total. The molecule has 1 aromatic rings. The molecule has 224 valence electrons. The summed E-state index contributed by atoms with van der Waals surface area (Å²) in [7, 11) is 0. The standard InChI is InChI=1S/C32H44ClN3O5/c1-7-16-34(17-8-2)29(38)25-24-14-15-32(41-24)26(25)30(39)36(23(19-37)20(5)10-4)28(32)31(40)35(18-9-3)27-21(6)12-11-13-22(27)33/h7,9,11-13,20,23-26,28,37H,1,3,8,10,14-19H2,2,4-6H3/t20-,23-,24-,25+,26-,28?,32?/m0/s1. The molecule has 3 amide bonds. The second kappa shape index (κ2) is 12.7. The van der Waals surface area contributed by atoms with Gasteiger partial charge in [-0.2, -0.15) is 0 Å². The third-order valence-corrected chi connectivity index (χ3v) is 9.60. The molecule has 0 aromatic heterocycles. The van der Waals surface area contributed by atoms with Gasteiger partial charge in [-0.3, -0.25) is 14.4 Å². The number of hydrogen-bond donors (Lipinski definition) is 1. The highest BCUT2D eigenvalue weighted by Gasteiger charge is 2.75. The van der Waals surface area contributed by atoms with E-state index in [1.54, 1.807) is 32.9 Å². The normalized spacial score (nSPS) is 27.9. The number of fused-ring (bicyclic) bond motifs is 1. The van der Waals surface area contributed by atoms with Crippen molar-refractivity contribution in [3.63, 3.8) is 0 Å². The number of carbonyl (C=O) groups excluding carboxylic acids is 3. The summed E-state index contributed by atoms with van der Waals surface area (Å²) in [6.07, 6.45) is 5.38. The summed E-state index contributed by atoms with van der Waals surface area (Å²) in [6, 6.07) is 3.80. The summed E-state index contributed by atoms with van der Waals surface area (Å²) < 4.78 is 6.67. The van der Waals surface area contributed by atoms with Gasteiger partial charge in [0.05, 0.1) is 41.3 Å². The van der Waals surface area contributed by atoms with Crippen LogP contribution in [0.2, 0.25) is 5.02 Å². The lowest BCUT2D eigenvalue weighted by atomic mass is 9.70. The predicted molar refractivity (Wildman–Crippen MR) is 161 cm³/mol. The lowest BCUT2D eigenvalue weighted by molar-refractivity contribution is -0.148. The molecule has 1 N–H and O–H groups in total. The van der Waals surface area contributed by atoms with Crippen LogP contribution in [-0.4, -0.2) is 82.7 Å². The van der Waals surface area contributed by atoms with Crippen LogP contribution in [0.5, 0.6) is 0 Å². The number of aliphatic hydroxyl groups is 1. The van der Waals surface area contributed by atoms with E-state index >= 15 is 0 Å². The fourth-order valence-corrected chi connectivity index (χ4v) is 7.61. The second-order valence-electron chi connectivity index (χ2n) is 11.7. The molecule has 0 aliphatic carbocycles. The van der Waals surface area contributed by atoms with E-state index in [0.29, 0.717) is 43.1 Å². The molecule has 2 bridgehead atoms. The van der Waals surface area contributed by atoms with E-state index in [9.17, 15) is 19.5 Å². The highest BCUT2D eigenvalue weighted by atomic mass is 35.5. The van der Waals surface area contributed by atoms with Crippen LogP contribution in [0, 0.1) is 24.7 Å². The number of para-hydroxylation sites is 1. The number of hydrogen-bond acceptors (Lipinski definition) is 5. The van der Waals surface area contributed by atoms with Crippen LogP contribution in [0.25, 0.3) is 0 Å². The molecule has 3 aliphatic heterocycles. The van der Waals surface area contributed by atoms with Gasteiger partial charge >= 0.3 is 0 Å². The molecule has 9 heteroatoms. The number of amides is 3. The van der Waals surface area contributed by atoms with Crippen molar-refractivity contribution in [3.05, 3.63) is 54.1 Å². The first-order chi connectivity index (χ1) is 19.6. The van der Waals surface area contributed by atoms with E-state index < -0.39 is 35.6 Å². The van der Waals surface area contributed by atoms with Crippen LogP contribution in [-0.2, 0) is 19.1 Å². The fraction of sp³-hybridized carbons (Fsp3) is 0.594. The van der Waals surface area contributed by atoms with E-state index in [0.717, 1.165) is 12.0 Å². The number of rotatable bonds is 13. The Morgan fingerprint density at radius 1 is 1.24 bits per heavy atom. The number of halogens is 1. The molecule has 2 unspecified atom stereocenters. The number of ether oxygens (including phenoxy) is 1. The van der Waals surface area contributed by atoms with E-state index in [2.05, 4.69) is 13.2 Å². The lowest BCUT2D eigenvalue weighted by Crippen LogP contribution is -2.60. The Balaban J connectivity index is 1.86. The van der Waals surface area contributed by atoms with Gasteiger partial charge in [-0.05, 0) is 43.7 Å². The Hall–Kier alpha value is -2.68. The molecule has 1 spiro atoms. The van der Waals surface area contributed by atoms with Gasteiger partial charge in [0, 0.05) is 19.6 Å². The Morgan fingerprint density at radius 2 is 1.95 bits per heavy atom. The monoisotopic (exact) mass is 585 g/mol. The minimum Gasteiger partial charge on any atom is -0.394 e. The molecule has 0 radical (unpaired) electrons. The van der Waals surface area contributed by atoms with Gasteiger partial charge in [0.25, 0.3) is 5.91 Å². The maximum atomic E-state index is 14.8. The SMILES string of the molecule is C=CCN(CCC)C(=O)[C@@H]1[C@@H]2CCC3(O2)C(C(=O)N(CC=C)c2c(C)cccc2Cl)N([C@@H](CO)[C@@H](C)CC)C(=O)[C@H]13. The first-order valence-corrected chi connectivity index (χ1v) is 15.2. The third-order valence-electron chi connectivity index (χ3n) is 9.29. The van der Waals surface area contributed by atoms with E-state index in [1.165, 1.54) is 0 Å². The number of aryl methyl sites for hydroxylation is 1. The maximum Gasteiger partial charge on any atom is 0.253 e. The number of likely N-dealkylation sites (tertiary alicyclic amines) is 1. The zero-order valence-electron chi connectivity index (χ0n) is 24.7. The van der Waals surface area contributed by atoms with E-state index in [4.69, 9.17) is 16.3 Å². The topological polar surface area (TPSA) is 90.4 Å². The van der Waals surface area contributed by atoms with Crippen molar-refractivity contribution in [2.24, 2.45) is 17.8 Å². The summed E-state index contributed by atoms with van der Waals surface area (Å²) in [5.74, 6) is -2.39. The summed E-state index contributed by atoms with van der Waals surface area (Å²) in [5, 5.41) is 11.0. The Labute approximate surface area is 248 Å². The molecule has 3 aliphatic rings. The van der Waals surface area contributed by atoms with Crippen LogP contribution >= 0.6 is 11.6 Å². The minimum atomic E-state index is -1.18. The van der Waals surface area contributed by atoms with E-state index in [-0.39, 0.29) is 36.8 Å². The summed E-state index contributed by atoms with van der Waals surface area (Å²) in [4.78, 5) is 48.2. The fourth-order valence-electron chi connectivity index (χ4n) is 7.28. The molecule has 7 atom stereocenters. The molecular weight excluding hydrogens is 542 g/mol. The van der Waals surface area contributed by atoms with Gasteiger partial charge in [0.15, 0.2) is 0 Å². The maximum absolute atomic E-state index is 14.8. The average Bonchev–Trinajstić information content (AvgIpc) is 3.59. The first kappa shape index (κ1) is 31.3. The van der Waals surface area contributed by atoms with Gasteiger partial charge in [-0.25, -0.2) is 0 Å². The van der Waals surface area contributed by atoms with Crippen molar-refractivity contribution in [1.82, 2.24) is 9.80 Å². The van der Waals surface area contributed by atoms with Crippen LogP contribution in [0.15, 0.2) is 43.5 Å². The van der Waals surface area contributed by atoms with Crippen molar-refractivity contribution >= 4 is 35.0 Å². The van der Waals surface area contributed by atoms with Gasteiger partial charge in [0.1, 0.15) is 11.6 Å². The van der Waals surface area contributed by atoms with Crippen molar-refractivity contribution in [3.8, 4) is 0 Å². The number of carbonyl (C=O) groups is 3. The van der Waals surface area contributed by atoms with Crippen LogP contribution in [0.4, 0.5) is 5.69 Å². The summed E-state index contributed by atoms with van der Waals surface area (Å²) in [6.45, 7) is 16.3. The number of aliphatic hydroxyl groups excluding tert-OH is 1. The molecule has 1 aromatic carbocycles. The van der Waals surface area contributed by atoms with Crippen molar-refractivity contribution < 1.29 is 24.2 Å². The lowest BCUT2D eigenvalue weighted by Gasteiger charge is -2.41. The Bertz CT molecular complexity index is 1170. The highest BCUT2D eigenvalue weighted by molar-refractivity contribution is 6.34. The van der Waals surface area contributed by atoms with Gasteiger partial charge in [-0.15, -0.1) is 13.2 Å². The predicted octanol–water partition coefficient (Wildman–Crippen LogP) is 4.37. The summed E-state index contributed by atoms with van der Waals surface area (Å²) >= 11 is 6.65. The molecule has 4 rings (SSSR count). The molecule has 3 heterocycles. The van der Waals surface area contributed by atoms with E-state index in [1.807, 2.05) is 39.8 Å². The Kier molecular flexibility index (Phi) is 9.66. The molecular formula is C32H44ClN3O5. The molecule has 0 saturated carbocycles. The molecule has 41 heavy (non-hydrogen) atoms. The number of nitrogens with zero attached hydrogens (tertiary/aromatic N) is 3. The van der Waals surface area contributed by atoms with Gasteiger partial charge < -0.3 is 24.5 Å². The quantitative estimate of drug-likeness (QED) is 0.347. The van der Waals surface area contributed by atoms with Crippen LogP contribution in [0.1, 0.15) is 52.0 Å². The van der Waals surface area contributed by atoms with Crippen LogP contribution in [0.3, 0.4) is 0 Å². The highest BCUT2D eigenvalue weighted by Crippen LogP contribution is 2.59. The number of benzene rings is 1. The summed E-state index contributed by atoms with van der Waals surface area (Å²) in [5.41, 5.74) is 0.180. The Morgan fingerprint density at radius 3 is 2.54 bits per heavy atom. The third kappa shape index (κ3) is 5.12. The number of anilines is 1. The van der Waals surface area contributed by atoms with Crippen molar-refractivity contribution in [1.29, 1.82) is 0 Å². The zero-order valence-corrected chi connectivity index (χ0v) is 25.5. The average molecular weight is 586 g/mol. The largest absolute Gasteiger partial charge is 0.394 e.